The number of amidine groups is 1. The van der Waals surface area contributed by atoms with E-state index in [0.29, 0.717) is 18.2 Å². The lowest BCUT2D eigenvalue weighted by Crippen LogP contribution is -2.08. The minimum atomic E-state index is 0.484. The summed E-state index contributed by atoms with van der Waals surface area (Å²) in [6, 6.07) is 16.0. The molecule has 0 atom stereocenters. The standard InChI is InChI=1S/C23H26ClN3OS/c1-17(29-22(25-3)16-28-4)10-9-15-26-18(2)27-21-14-8-13-20(23(21)24)19-11-6-5-7-12-19/h5-14H,1,15-16H2,2-4H3,(H,26,27)/b10-9-,25-22-. The fourth-order valence-electron chi connectivity index (χ4n) is 2.53. The molecule has 0 bridgehead atoms. The van der Waals surface area contributed by atoms with Crippen LogP contribution in [-0.4, -0.2) is 38.2 Å². The number of hydrogen-bond acceptors (Lipinski definition) is 4. The van der Waals surface area contributed by atoms with Crippen LogP contribution in [-0.2, 0) is 4.74 Å². The van der Waals surface area contributed by atoms with Crippen molar-refractivity contribution in [3.8, 4) is 11.1 Å². The molecule has 0 saturated carbocycles. The van der Waals surface area contributed by atoms with Gasteiger partial charge in [0.2, 0.25) is 0 Å². The number of hydrogen-bond donors (Lipinski definition) is 1. The maximum absolute atomic E-state index is 6.61. The molecule has 0 fully saturated rings. The Morgan fingerprint density at radius 1 is 1.21 bits per heavy atom. The van der Waals surface area contributed by atoms with Crippen LogP contribution in [0.25, 0.3) is 11.1 Å². The van der Waals surface area contributed by atoms with Gasteiger partial charge in [-0.1, -0.05) is 84.6 Å². The summed E-state index contributed by atoms with van der Waals surface area (Å²) < 4.78 is 5.10. The van der Waals surface area contributed by atoms with Gasteiger partial charge >= 0.3 is 0 Å². The Labute approximate surface area is 182 Å². The zero-order valence-electron chi connectivity index (χ0n) is 17.0. The molecule has 0 aliphatic carbocycles. The lowest BCUT2D eigenvalue weighted by Gasteiger charge is -2.11. The number of benzene rings is 2. The van der Waals surface area contributed by atoms with Crippen LogP contribution in [0.1, 0.15) is 6.92 Å². The van der Waals surface area contributed by atoms with Crippen LogP contribution < -0.4 is 5.32 Å². The van der Waals surface area contributed by atoms with E-state index in [1.54, 1.807) is 14.2 Å². The van der Waals surface area contributed by atoms with Crippen molar-refractivity contribution in [1.82, 2.24) is 0 Å². The second-order valence-corrected chi connectivity index (χ2v) is 7.68. The first kappa shape index (κ1) is 22.9. The summed E-state index contributed by atoms with van der Waals surface area (Å²) in [4.78, 5) is 9.58. The van der Waals surface area contributed by atoms with Crippen molar-refractivity contribution in [2.45, 2.75) is 6.92 Å². The van der Waals surface area contributed by atoms with Crippen LogP contribution in [0.3, 0.4) is 0 Å². The van der Waals surface area contributed by atoms with Crippen LogP contribution >= 0.6 is 23.4 Å². The fourth-order valence-corrected chi connectivity index (χ4v) is 3.54. The number of nitrogens with zero attached hydrogens (tertiary/aromatic N) is 2. The Bertz CT molecular complexity index is 908. The number of halogens is 1. The van der Waals surface area contributed by atoms with Crippen molar-refractivity contribution in [2.24, 2.45) is 9.98 Å². The van der Waals surface area contributed by atoms with Gasteiger partial charge in [-0.05, 0) is 18.6 Å². The van der Waals surface area contributed by atoms with Gasteiger partial charge in [-0.15, -0.1) is 0 Å². The molecule has 0 radical (unpaired) electrons. The Morgan fingerprint density at radius 3 is 2.66 bits per heavy atom. The molecule has 0 heterocycles. The Balaban J connectivity index is 1.96. The molecule has 0 aromatic heterocycles. The minimum Gasteiger partial charge on any atom is -0.378 e. The summed E-state index contributed by atoms with van der Waals surface area (Å²) in [6.45, 7) is 6.96. The number of thioether (sulfide) groups is 1. The molecule has 29 heavy (non-hydrogen) atoms. The second kappa shape index (κ2) is 12.3. The van der Waals surface area contributed by atoms with Gasteiger partial charge in [-0.3, -0.25) is 9.98 Å². The van der Waals surface area contributed by atoms with Crippen molar-refractivity contribution in [2.75, 3.05) is 32.6 Å². The molecular formula is C23H26ClN3OS. The number of nitrogens with one attached hydrogen (secondary N) is 1. The van der Waals surface area contributed by atoms with Crippen molar-refractivity contribution >= 4 is 39.9 Å². The first-order valence-corrected chi connectivity index (χ1v) is 10.3. The van der Waals surface area contributed by atoms with Gasteiger partial charge in [0.05, 0.1) is 34.7 Å². The highest BCUT2D eigenvalue weighted by atomic mass is 35.5. The maximum atomic E-state index is 6.61. The van der Waals surface area contributed by atoms with E-state index in [0.717, 1.165) is 32.6 Å². The zero-order valence-corrected chi connectivity index (χ0v) is 18.6. The average molecular weight is 428 g/mol. The number of ether oxygens (including phenoxy) is 1. The first-order valence-electron chi connectivity index (χ1n) is 9.15. The van der Waals surface area contributed by atoms with E-state index in [4.69, 9.17) is 16.3 Å². The van der Waals surface area contributed by atoms with Gasteiger partial charge in [-0.25, -0.2) is 0 Å². The molecule has 0 aliphatic rings. The molecular weight excluding hydrogens is 402 g/mol. The predicted octanol–water partition coefficient (Wildman–Crippen LogP) is 6.32. The highest BCUT2D eigenvalue weighted by molar-refractivity contribution is 8.17. The van der Waals surface area contributed by atoms with Crippen LogP contribution in [0.2, 0.25) is 5.02 Å². The van der Waals surface area contributed by atoms with E-state index < -0.39 is 0 Å². The van der Waals surface area contributed by atoms with E-state index >= 15 is 0 Å². The zero-order chi connectivity index (χ0) is 21.1. The summed E-state index contributed by atoms with van der Waals surface area (Å²) in [6.07, 6.45) is 3.90. The number of aliphatic imine (C=N–C) groups is 2. The molecule has 0 amide bonds. The predicted molar refractivity (Wildman–Crippen MR) is 130 cm³/mol. The van der Waals surface area contributed by atoms with Crippen molar-refractivity contribution in [1.29, 1.82) is 0 Å². The third-order valence-corrected chi connectivity index (χ3v) is 5.24. The van der Waals surface area contributed by atoms with Gasteiger partial charge in [0.15, 0.2) is 0 Å². The van der Waals surface area contributed by atoms with E-state index in [-0.39, 0.29) is 0 Å². The summed E-state index contributed by atoms with van der Waals surface area (Å²) in [5.41, 5.74) is 2.91. The fraction of sp³-hybridized carbons (Fsp3) is 0.217. The molecule has 1 N–H and O–H groups in total. The van der Waals surface area contributed by atoms with Gasteiger partial charge in [0, 0.05) is 24.6 Å². The summed E-state index contributed by atoms with van der Waals surface area (Å²) in [5.74, 6) is 0.787. The van der Waals surface area contributed by atoms with Crippen molar-refractivity contribution in [3.63, 3.8) is 0 Å². The molecule has 0 saturated heterocycles. The largest absolute Gasteiger partial charge is 0.378 e. The molecule has 0 spiro atoms. The van der Waals surface area contributed by atoms with Gasteiger partial charge in [0.1, 0.15) is 0 Å². The van der Waals surface area contributed by atoms with Crippen LogP contribution in [0.15, 0.2) is 82.2 Å². The molecule has 2 aromatic rings. The monoisotopic (exact) mass is 427 g/mol. The Morgan fingerprint density at radius 2 is 1.97 bits per heavy atom. The van der Waals surface area contributed by atoms with Gasteiger partial charge in [-0.2, -0.15) is 0 Å². The average Bonchev–Trinajstić information content (AvgIpc) is 2.73. The highest BCUT2D eigenvalue weighted by Gasteiger charge is 2.08. The van der Waals surface area contributed by atoms with Crippen LogP contribution in [0, 0.1) is 0 Å². The molecule has 152 valence electrons. The third-order valence-electron chi connectivity index (χ3n) is 3.90. The normalized spacial score (nSPS) is 12.4. The molecule has 2 rings (SSSR count). The molecule has 6 heteroatoms. The maximum Gasteiger partial charge on any atom is 0.0979 e. The molecule has 2 aromatic carbocycles. The minimum absolute atomic E-state index is 0.484. The third kappa shape index (κ3) is 7.54. The van der Waals surface area contributed by atoms with E-state index in [1.165, 1.54) is 11.8 Å². The van der Waals surface area contributed by atoms with E-state index in [9.17, 15) is 0 Å². The number of methoxy groups -OCH3 is 1. The van der Waals surface area contributed by atoms with Crippen LogP contribution in [0.4, 0.5) is 5.69 Å². The van der Waals surface area contributed by atoms with E-state index in [2.05, 4.69) is 21.9 Å². The van der Waals surface area contributed by atoms with Crippen molar-refractivity contribution in [3.05, 3.63) is 77.2 Å². The van der Waals surface area contributed by atoms with Gasteiger partial charge < -0.3 is 10.1 Å². The number of allylic oxidation sites excluding steroid dienone is 1. The molecule has 4 nitrogen and oxygen atoms in total. The Kier molecular flexibility index (Phi) is 9.71. The summed E-state index contributed by atoms with van der Waals surface area (Å²) >= 11 is 8.11. The van der Waals surface area contributed by atoms with E-state index in [1.807, 2.05) is 67.6 Å². The first-order chi connectivity index (χ1) is 14.0. The smallest absolute Gasteiger partial charge is 0.0979 e. The van der Waals surface area contributed by atoms with Gasteiger partial charge in [0.25, 0.3) is 0 Å². The quantitative estimate of drug-likeness (QED) is 0.305. The molecule has 0 unspecified atom stereocenters. The topological polar surface area (TPSA) is 46.0 Å². The summed E-state index contributed by atoms with van der Waals surface area (Å²) in [7, 11) is 3.40. The summed E-state index contributed by atoms with van der Waals surface area (Å²) in [5, 5.41) is 4.85. The highest BCUT2D eigenvalue weighted by Crippen LogP contribution is 2.33. The van der Waals surface area contributed by atoms with Crippen molar-refractivity contribution < 1.29 is 4.74 Å². The lowest BCUT2D eigenvalue weighted by molar-refractivity contribution is 0.247. The Hall–Kier alpha value is -2.34. The number of rotatable bonds is 8. The molecule has 0 aliphatic heterocycles. The lowest BCUT2D eigenvalue weighted by atomic mass is 10.1. The SMILES string of the molecule is C=C(/C=C\C/N=C(\C)Nc1cccc(-c2ccccc2)c1Cl)S/C(COC)=N\C. The van der Waals surface area contributed by atoms with Crippen LogP contribution in [0.5, 0.6) is 0 Å². The second-order valence-electron chi connectivity index (χ2n) is 6.11. The number of anilines is 1.